The van der Waals surface area contributed by atoms with Crippen LogP contribution in [0.4, 0.5) is 0 Å². The second kappa shape index (κ2) is 8.16. The molecule has 0 aromatic rings. The van der Waals surface area contributed by atoms with Crippen LogP contribution in [0, 0.1) is 5.92 Å². The van der Waals surface area contributed by atoms with Gasteiger partial charge in [-0.1, -0.05) is 45.1 Å². The molecule has 1 rings (SSSR count). The van der Waals surface area contributed by atoms with Crippen LogP contribution >= 0.6 is 0 Å². The summed E-state index contributed by atoms with van der Waals surface area (Å²) < 4.78 is 0. The Morgan fingerprint density at radius 3 is 2.27 bits per heavy atom. The Morgan fingerprint density at radius 2 is 1.73 bits per heavy atom. The molecule has 2 nitrogen and oxygen atoms in total. The number of rotatable bonds is 2. The van der Waals surface area contributed by atoms with Crippen molar-refractivity contribution >= 4 is 0 Å². The molecule has 0 radical (unpaired) electrons. The van der Waals surface area contributed by atoms with Crippen LogP contribution in [0.25, 0.3) is 0 Å². The van der Waals surface area contributed by atoms with Gasteiger partial charge in [0, 0.05) is 14.1 Å². The van der Waals surface area contributed by atoms with Gasteiger partial charge in [0.2, 0.25) is 0 Å². The summed E-state index contributed by atoms with van der Waals surface area (Å²) >= 11 is 0. The van der Waals surface area contributed by atoms with Crippen molar-refractivity contribution in [3.63, 3.8) is 0 Å². The standard InChI is InChI=1S/C11H18N2.C2H6/c1-9-6-4-5-7-10(12-2)11(8-9)13-3;1-2/h4,6-9,12-13H,5H2,1-3H3;1-2H3/b6-4-,10-7+,11-8+;. The van der Waals surface area contributed by atoms with Crippen molar-refractivity contribution < 1.29 is 0 Å². The first-order chi connectivity index (χ1) is 7.27. The second-order valence-electron chi connectivity index (χ2n) is 3.22. The van der Waals surface area contributed by atoms with Gasteiger partial charge in [-0.25, -0.2) is 0 Å². The molecule has 1 unspecified atom stereocenters. The van der Waals surface area contributed by atoms with Gasteiger partial charge in [-0.3, -0.25) is 0 Å². The molecule has 2 N–H and O–H groups in total. The fraction of sp³-hybridized carbons (Fsp3) is 0.538. The largest absolute Gasteiger partial charge is 0.387 e. The molecule has 0 heterocycles. The van der Waals surface area contributed by atoms with Gasteiger partial charge in [0.05, 0.1) is 11.4 Å². The first-order valence-corrected chi connectivity index (χ1v) is 5.72. The van der Waals surface area contributed by atoms with Crippen molar-refractivity contribution in [3.05, 3.63) is 35.7 Å². The van der Waals surface area contributed by atoms with E-state index in [0.29, 0.717) is 5.92 Å². The van der Waals surface area contributed by atoms with E-state index in [2.05, 4.69) is 41.9 Å². The Balaban J connectivity index is 0.000000921. The number of hydrogen-bond acceptors (Lipinski definition) is 2. The van der Waals surface area contributed by atoms with E-state index in [4.69, 9.17) is 0 Å². The normalized spacial score (nSPS) is 29.0. The number of hydrogen-bond donors (Lipinski definition) is 2. The fourth-order valence-electron chi connectivity index (χ4n) is 1.45. The van der Waals surface area contributed by atoms with E-state index in [1.807, 2.05) is 27.9 Å². The molecule has 0 fully saturated rings. The lowest BCUT2D eigenvalue weighted by atomic mass is 10.1. The molecule has 86 valence electrons. The van der Waals surface area contributed by atoms with Gasteiger partial charge in [-0.15, -0.1) is 0 Å². The highest BCUT2D eigenvalue weighted by atomic mass is 14.9. The van der Waals surface area contributed by atoms with E-state index in [1.54, 1.807) is 0 Å². The van der Waals surface area contributed by atoms with Gasteiger partial charge in [0.15, 0.2) is 0 Å². The van der Waals surface area contributed by atoms with Gasteiger partial charge in [-0.2, -0.15) is 0 Å². The van der Waals surface area contributed by atoms with E-state index in [1.165, 1.54) is 11.4 Å². The minimum absolute atomic E-state index is 0.500. The van der Waals surface area contributed by atoms with Crippen LogP contribution in [-0.2, 0) is 0 Å². The summed E-state index contributed by atoms with van der Waals surface area (Å²) in [7, 11) is 3.90. The number of nitrogens with one attached hydrogen (secondary N) is 2. The fourth-order valence-corrected chi connectivity index (χ4v) is 1.45. The van der Waals surface area contributed by atoms with Crippen molar-refractivity contribution in [2.75, 3.05) is 14.1 Å². The predicted octanol–water partition coefficient (Wildman–Crippen LogP) is 2.82. The van der Waals surface area contributed by atoms with Gasteiger partial charge in [-0.05, 0) is 12.3 Å². The average molecular weight is 208 g/mol. The molecule has 1 atom stereocenters. The number of allylic oxidation sites excluding steroid dienone is 4. The highest BCUT2D eigenvalue weighted by Crippen LogP contribution is 2.13. The van der Waals surface area contributed by atoms with E-state index < -0.39 is 0 Å². The van der Waals surface area contributed by atoms with Crippen molar-refractivity contribution in [2.24, 2.45) is 5.92 Å². The smallest absolute Gasteiger partial charge is 0.0535 e. The molecule has 0 amide bonds. The van der Waals surface area contributed by atoms with Crippen LogP contribution < -0.4 is 10.6 Å². The Bertz CT molecular complexity index is 249. The third-order valence-corrected chi connectivity index (χ3v) is 2.16. The predicted molar refractivity (Wildman–Crippen MR) is 68.6 cm³/mol. The minimum atomic E-state index is 0.500. The van der Waals surface area contributed by atoms with Crippen molar-refractivity contribution in [1.82, 2.24) is 10.6 Å². The maximum absolute atomic E-state index is 3.20. The molecule has 0 spiro atoms. The maximum Gasteiger partial charge on any atom is 0.0535 e. The summed E-state index contributed by atoms with van der Waals surface area (Å²) in [6.07, 6.45) is 9.83. The summed E-state index contributed by atoms with van der Waals surface area (Å²) in [5, 5.41) is 6.39. The van der Waals surface area contributed by atoms with Gasteiger partial charge in [0.1, 0.15) is 0 Å². The van der Waals surface area contributed by atoms with Crippen LogP contribution in [0.3, 0.4) is 0 Å². The zero-order valence-electron chi connectivity index (χ0n) is 10.6. The topological polar surface area (TPSA) is 24.1 Å². The maximum atomic E-state index is 3.20. The Hall–Kier alpha value is -1.18. The lowest BCUT2D eigenvalue weighted by molar-refractivity contribution is 0.839. The molecule has 0 aliphatic heterocycles. The Morgan fingerprint density at radius 1 is 1.13 bits per heavy atom. The molecule has 0 bridgehead atoms. The number of likely N-dealkylation sites (N-methyl/N-ethyl adjacent to an activating group) is 2. The molecule has 0 saturated carbocycles. The first-order valence-electron chi connectivity index (χ1n) is 5.72. The molecule has 1 aliphatic rings. The van der Waals surface area contributed by atoms with Crippen LogP contribution in [0.15, 0.2) is 35.7 Å². The minimum Gasteiger partial charge on any atom is -0.387 e. The van der Waals surface area contributed by atoms with Gasteiger partial charge in [0.25, 0.3) is 0 Å². The Labute approximate surface area is 94.1 Å². The molecule has 2 heteroatoms. The molecular formula is C13H24N2. The second-order valence-corrected chi connectivity index (χ2v) is 3.22. The highest BCUT2D eigenvalue weighted by Gasteiger charge is 2.04. The van der Waals surface area contributed by atoms with Crippen molar-refractivity contribution in [2.45, 2.75) is 27.2 Å². The summed E-state index contributed by atoms with van der Waals surface area (Å²) in [5.41, 5.74) is 2.36. The van der Waals surface area contributed by atoms with E-state index in [-0.39, 0.29) is 0 Å². The monoisotopic (exact) mass is 208 g/mol. The van der Waals surface area contributed by atoms with E-state index in [0.717, 1.165) is 6.42 Å². The molecule has 0 aromatic heterocycles. The Kier molecular flexibility index (Phi) is 7.51. The summed E-state index contributed by atoms with van der Waals surface area (Å²) in [6.45, 7) is 6.19. The van der Waals surface area contributed by atoms with E-state index >= 15 is 0 Å². The van der Waals surface area contributed by atoms with Crippen molar-refractivity contribution in [3.8, 4) is 0 Å². The van der Waals surface area contributed by atoms with Crippen LogP contribution in [0.1, 0.15) is 27.2 Å². The molecule has 0 saturated heterocycles. The molecule has 0 aromatic carbocycles. The third kappa shape index (κ3) is 4.73. The van der Waals surface area contributed by atoms with Gasteiger partial charge < -0.3 is 10.6 Å². The quantitative estimate of drug-likeness (QED) is 0.682. The van der Waals surface area contributed by atoms with Crippen LogP contribution in [0.5, 0.6) is 0 Å². The van der Waals surface area contributed by atoms with Crippen LogP contribution in [0.2, 0.25) is 0 Å². The van der Waals surface area contributed by atoms with E-state index in [9.17, 15) is 0 Å². The zero-order chi connectivity index (χ0) is 11.7. The first kappa shape index (κ1) is 13.8. The lowest BCUT2D eigenvalue weighted by Gasteiger charge is -2.14. The average Bonchev–Trinajstić information content (AvgIpc) is 2.26. The zero-order valence-corrected chi connectivity index (χ0v) is 10.6. The molecular weight excluding hydrogens is 184 g/mol. The summed E-state index contributed by atoms with van der Waals surface area (Å²) in [5.74, 6) is 0.500. The van der Waals surface area contributed by atoms with Gasteiger partial charge >= 0.3 is 0 Å². The summed E-state index contributed by atoms with van der Waals surface area (Å²) in [6, 6.07) is 0. The molecule has 1 aliphatic carbocycles. The molecule has 15 heavy (non-hydrogen) atoms. The highest BCUT2D eigenvalue weighted by molar-refractivity contribution is 5.30. The lowest BCUT2D eigenvalue weighted by Crippen LogP contribution is -2.18. The summed E-state index contributed by atoms with van der Waals surface area (Å²) in [4.78, 5) is 0. The van der Waals surface area contributed by atoms with Crippen LogP contribution in [-0.4, -0.2) is 14.1 Å². The SMILES string of the molecule is CC.CNC1=C/C/C=C\C(C)/C=C\1NC. The third-order valence-electron chi connectivity index (χ3n) is 2.16. The van der Waals surface area contributed by atoms with Crippen molar-refractivity contribution in [1.29, 1.82) is 0 Å².